The maximum atomic E-state index is 12.9. The van der Waals surface area contributed by atoms with Gasteiger partial charge in [-0.2, -0.15) is 0 Å². The largest absolute Gasteiger partial charge is 0.462 e. The summed E-state index contributed by atoms with van der Waals surface area (Å²) < 4.78 is 5.01. The lowest BCUT2D eigenvalue weighted by Crippen LogP contribution is -2.28. The van der Waals surface area contributed by atoms with E-state index in [1.165, 1.54) is 0 Å². The predicted octanol–water partition coefficient (Wildman–Crippen LogP) is 4.85. The van der Waals surface area contributed by atoms with E-state index in [9.17, 15) is 14.4 Å². The third kappa shape index (κ3) is 4.34. The summed E-state index contributed by atoms with van der Waals surface area (Å²) in [5.41, 5.74) is 1.30. The number of allylic oxidation sites excluding steroid dienone is 1. The lowest BCUT2D eigenvalue weighted by molar-refractivity contribution is -0.138. The minimum absolute atomic E-state index is 0.125. The molecule has 0 spiro atoms. The zero-order valence-electron chi connectivity index (χ0n) is 15.5. The number of ether oxygens (including phenoxy) is 1. The van der Waals surface area contributed by atoms with Gasteiger partial charge in [0.15, 0.2) is 5.78 Å². The first kappa shape index (κ1) is 20.6. The zero-order valence-corrected chi connectivity index (χ0v) is 16.3. The standard InChI is InChI=1S/C20H15ClO4.C2H6/c1-2-25-20(24)17-16(11-12-7-9-13(21)10-8-12)18(22)14-5-3-4-6-15(14)19(17)23;1-2/h3-10H,2,11H2,1H3;1-2H3. The summed E-state index contributed by atoms with van der Waals surface area (Å²) in [6.07, 6.45) is 0.157. The molecule has 0 bridgehead atoms. The lowest BCUT2D eigenvalue weighted by atomic mass is 9.81. The topological polar surface area (TPSA) is 60.4 Å². The second-order valence-electron chi connectivity index (χ2n) is 5.58. The van der Waals surface area contributed by atoms with Crippen molar-refractivity contribution < 1.29 is 19.1 Å². The molecule has 2 aromatic carbocycles. The van der Waals surface area contributed by atoms with E-state index in [1.54, 1.807) is 55.5 Å². The summed E-state index contributed by atoms with van der Waals surface area (Å²) in [6.45, 7) is 5.78. The maximum Gasteiger partial charge on any atom is 0.342 e. The van der Waals surface area contributed by atoms with Gasteiger partial charge in [0.25, 0.3) is 0 Å². The highest BCUT2D eigenvalue weighted by Crippen LogP contribution is 2.29. The van der Waals surface area contributed by atoms with Crippen molar-refractivity contribution in [3.8, 4) is 0 Å². The number of esters is 1. The summed E-state index contributed by atoms with van der Waals surface area (Å²) in [5, 5.41) is 0.569. The van der Waals surface area contributed by atoms with Crippen molar-refractivity contribution in [2.24, 2.45) is 0 Å². The van der Waals surface area contributed by atoms with Crippen molar-refractivity contribution >= 4 is 29.1 Å². The van der Waals surface area contributed by atoms with Gasteiger partial charge in [0, 0.05) is 28.1 Å². The smallest absolute Gasteiger partial charge is 0.342 e. The van der Waals surface area contributed by atoms with Crippen LogP contribution >= 0.6 is 11.6 Å². The van der Waals surface area contributed by atoms with Gasteiger partial charge in [-0.1, -0.05) is 61.8 Å². The summed E-state index contributed by atoms with van der Waals surface area (Å²) >= 11 is 5.89. The van der Waals surface area contributed by atoms with Crippen molar-refractivity contribution in [2.75, 3.05) is 6.61 Å². The molecule has 27 heavy (non-hydrogen) atoms. The van der Waals surface area contributed by atoms with Crippen molar-refractivity contribution in [1.29, 1.82) is 0 Å². The minimum atomic E-state index is -0.765. The number of halogens is 1. The van der Waals surface area contributed by atoms with Crippen LogP contribution in [0.25, 0.3) is 0 Å². The van der Waals surface area contributed by atoms with Crippen LogP contribution in [-0.4, -0.2) is 24.1 Å². The Bertz CT molecular complexity index is 895. The molecule has 0 heterocycles. The average molecular weight is 385 g/mol. The highest BCUT2D eigenvalue weighted by Gasteiger charge is 2.36. The summed E-state index contributed by atoms with van der Waals surface area (Å²) in [6, 6.07) is 13.4. The van der Waals surface area contributed by atoms with E-state index >= 15 is 0 Å². The van der Waals surface area contributed by atoms with E-state index in [0.29, 0.717) is 10.6 Å². The van der Waals surface area contributed by atoms with Gasteiger partial charge in [-0.3, -0.25) is 9.59 Å². The second kappa shape index (κ2) is 9.28. The molecule has 0 atom stereocenters. The number of rotatable bonds is 4. The van der Waals surface area contributed by atoms with Gasteiger partial charge < -0.3 is 4.74 Å². The first-order valence-corrected chi connectivity index (χ1v) is 9.24. The van der Waals surface area contributed by atoms with E-state index in [2.05, 4.69) is 0 Å². The summed E-state index contributed by atoms with van der Waals surface area (Å²) in [7, 11) is 0. The average Bonchev–Trinajstić information content (AvgIpc) is 2.69. The fourth-order valence-corrected chi connectivity index (χ4v) is 2.95. The molecule has 0 aliphatic heterocycles. The Hall–Kier alpha value is -2.72. The van der Waals surface area contributed by atoms with Crippen LogP contribution in [0.3, 0.4) is 0 Å². The first-order valence-electron chi connectivity index (χ1n) is 8.86. The Morgan fingerprint density at radius 2 is 1.48 bits per heavy atom. The molecular formula is C22H21ClO4. The van der Waals surface area contributed by atoms with Crippen LogP contribution in [0.2, 0.25) is 5.02 Å². The number of fused-ring (bicyclic) bond motifs is 1. The molecule has 0 amide bonds. The van der Waals surface area contributed by atoms with Crippen molar-refractivity contribution in [2.45, 2.75) is 27.2 Å². The molecule has 0 unspecified atom stereocenters. The Morgan fingerprint density at radius 1 is 0.926 bits per heavy atom. The SMILES string of the molecule is CC.CCOC(=O)C1=C(Cc2ccc(Cl)cc2)C(=O)c2ccccc2C1=O. The third-order valence-corrected chi connectivity index (χ3v) is 4.24. The summed E-state index contributed by atoms with van der Waals surface area (Å²) in [5.74, 6) is -1.56. The Balaban J connectivity index is 0.00000126. The fourth-order valence-electron chi connectivity index (χ4n) is 2.82. The molecule has 2 aromatic rings. The molecule has 0 radical (unpaired) electrons. The number of Topliss-reactive ketones (excluding diaryl/α,β-unsaturated/α-hetero) is 2. The second-order valence-corrected chi connectivity index (χ2v) is 6.02. The third-order valence-electron chi connectivity index (χ3n) is 3.99. The van der Waals surface area contributed by atoms with Gasteiger partial charge in [-0.15, -0.1) is 0 Å². The molecule has 0 saturated carbocycles. The molecule has 5 heteroatoms. The number of hydrogen-bond acceptors (Lipinski definition) is 4. The Kier molecular flexibility index (Phi) is 7.08. The van der Waals surface area contributed by atoms with Gasteiger partial charge in [0.1, 0.15) is 5.57 Å². The number of hydrogen-bond donors (Lipinski definition) is 0. The molecule has 0 aromatic heterocycles. The van der Waals surface area contributed by atoms with Gasteiger partial charge in [0.2, 0.25) is 5.78 Å². The van der Waals surface area contributed by atoms with Crippen molar-refractivity contribution in [3.05, 3.63) is 81.4 Å². The number of ketones is 2. The maximum absolute atomic E-state index is 12.9. The number of carbonyl (C=O) groups excluding carboxylic acids is 3. The Labute approximate surface area is 163 Å². The van der Waals surface area contributed by atoms with Crippen LogP contribution in [0.1, 0.15) is 47.1 Å². The zero-order chi connectivity index (χ0) is 20.0. The molecule has 4 nitrogen and oxygen atoms in total. The van der Waals surface area contributed by atoms with E-state index in [4.69, 9.17) is 16.3 Å². The first-order chi connectivity index (χ1) is 13.0. The molecule has 140 valence electrons. The highest BCUT2D eigenvalue weighted by atomic mass is 35.5. The molecule has 0 fully saturated rings. The van der Waals surface area contributed by atoms with Gasteiger partial charge in [-0.05, 0) is 24.6 Å². The molecule has 1 aliphatic rings. The van der Waals surface area contributed by atoms with Crippen LogP contribution in [0.4, 0.5) is 0 Å². The highest BCUT2D eigenvalue weighted by molar-refractivity contribution is 6.35. The van der Waals surface area contributed by atoms with Crippen LogP contribution in [0.5, 0.6) is 0 Å². The molecule has 1 aliphatic carbocycles. The quantitative estimate of drug-likeness (QED) is 0.558. The molecule has 3 rings (SSSR count). The summed E-state index contributed by atoms with van der Waals surface area (Å²) in [4.78, 5) is 38.1. The van der Waals surface area contributed by atoms with Gasteiger partial charge in [-0.25, -0.2) is 4.79 Å². The lowest BCUT2D eigenvalue weighted by Gasteiger charge is -2.20. The van der Waals surface area contributed by atoms with E-state index in [0.717, 1.165) is 5.56 Å². The van der Waals surface area contributed by atoms with Crippen LogP contribution < -0.4 is 0 Å². The minimum Gasteiger partial charge on any atom is -0.462 e. The molecule has 0 saturated heterocycles. The van der Waals surface area contributed by atoms with E-state index in [-0.39, 0.29) is 35.5 Å². The number of carbonyl (C=O) groups is 3. The number of benzene rings is 2. The van der Waals surface area contributed by atoms with Crippen molar-refractivity contribution in [1.82, 2.24) is 0 Å². The van der Waals surface area contributed by atoms with E-state index in [1.807, 2.05) is 13.8 Å². The van der Waals surface area contributed by atoms with Crippen LogP contribution in [-0.2, 0) is 16.0 Å². The molecule has 0 N–H and O–H groups in total. The molecular weight excluding hydrogens is 364 g/mol. The van der Waals surface area contributed by atoms with Crippen LogP contribution in [0.15, 0.2) is 59.7 Å². The van der Waals surface area contributed by atoms with Gasteiger partial charge >= 0.3 is 5.97 Å². The Morgan fingerprint density at radius 3 is 2.04 bits per heavy atom. The normalized spacial score (nSPS) is 12.9. The monoisotopic (exact) mass is 384 g/mol. The van der Waals surface area contributed by atoms with E-state index < -0.39 is 11.8 Å². The van der Waals surface area contributed by atoms with Crippen molar-refractivity contribution in [3.63, 3.8) is 0 Å². The van der Waals surface area contributed by atoms with Gasteiger partial charge in [0.05, 0.1) is 6.61 Å². The fraction of sp³-hybridized carbons (Fsp3) is 0.227. The predicted molar refractivity (Wildman–Crippen MR) is 105 cm³/mol. The van der Waals surface area contributed by atoms with Crippen LogP contribution in [0, 0.1) is 0 Å².